The number of ether oxygens (including phenoxy) is 1. The third-order valence-electron chi connectivity index (χ3n) is 3.82. The van der Waals surface area contributed by atoms with Crippen LogP contribution in [0, 0.1) is 5.92 Å². The number of nitrogens with one attached hydrogen (secondary N) is 1. The molecule has 0 spiro atoms. The van der Waals surface area contributed by atoms with Gasteiger partial charge in [-0.15, -0.1) is 0 Å². The number of aryl methyl sites for hydroxylation is 1. The van der Waals surface area contributed by atoms with Gasteiger partial charge in [0.25, 0.3) is 0 Å². The van der Waals surface area contributed by atoms with Crippen molar-refractivity contribution < 1.29 is 24.0 Å². The van der Waals surface area contributed by atoms with E-state index in [2.05, 4.69) is 15.5 Å². The van der Waals surface area contributed by atoms with Crippen LogP contribution in [0.4, 0.5) is 0 Å². The molecule has 2 heterocycles. The Morgan fingerprint density at radius 1 is 1.43 bits per heavy atom. The summed E-state index contributed by atoms with van der Waals surface area (Å²) in [5, 5.41) is 15.7. The van der Waals surface area contributed by atoms with Crippen molar-refractivity contribution in [3.63, 3.8) is 0 Å². The van der Waals surface area contributed by atoms with Gasteiger partial charge in [0.15, 0.2) is 5.82 Å². The molecular formula is C15H23N3O5. The summed E-state index contributed by atoms with van der Waals surface area (Å²) < 4.78 is 10.4. The Labute approximate surface area is 134 Å². The van der Waals surface area contributed by atoms with E-state index >= 15 is 0 Å². The average molecular weight is 325 g/mol. The number of carbonyl (C=O) groups excluding carboxylic acids is 1. The van der Waals surface area contributed by atoms with Gasteiger partial charge in [-0.3, -0.25) is 4.79 Å². The van der Waals surface area contributed by atoms with Crippen LogP contribution in [0.5, 0.6) is 0 Å². The molecule has 1 aliphatic heterocycles. The quantitative estimate of drug-likeness (QED) is 0.772. The van der Waals surface area contributed by atoms with Crippen molar-refractivity contribution in [1.82, 2.24) is 15.5 Å². The first-order valence-electron chi connectivity index (χ1n) is 7.89. The summed E-state index contributed by atoms with van der Waals surface area (Å²) in [5.74, 6) is -0.425. The molecule has 0 bridgehead atoms. The minimum atomic E-state index is -1.03. The van der Waals surface area contributed by atoms with E-state index in [1.807, 2.05) is 13.8 Å². The van der Waals surface area contributed by atoms with Crippen molar-refractivity contribution in [2.24, 2.45) is 5.92 Å². The maximum Gasteiger partial charge on any atom is 0.326 e. The minimum absolute atomic E-state index is 0.108. The number of nitrogens with zero attached hydrogens (tertiary/aromatic N) is 2. The molecule has 2 N–H and O–H groups in total. The number of carboxylic acids is 1. The van der Waals surface area contributed by atoms with Gasteiger partial charge < -0.3 is 19.7 Å². The summed E-state index contributed by atoms with van der Waals surface area (Å²) in [5.41, 5.74) is 0. The first-order valence-corrected chi connectivity index (χ1v) is 7.89. The highest BCUT2D eigenvalue weighted by Crippen LogP contribution is 2.18. The van der Waals surface area contributed by atoms with E-state index in [0.29, 0.717) is 31.3 Å². The van der Waals surface area contributed by atoms with Gasteiger partial charge in [-0.2, -0.15) is 4.98 Å². The summed E-state index contributed by atoms with van der Waals surface area (Å²) in [6.07, 6.45) is 1.94. The molecule has 1 aromatic heterocycles. The molecule has 2 rings (SSSR count). The van der Waals surface area contributed by atoms with Gasteiger partial charge in [-0.1, -0.05) is 19.0 Å². The Kier molecular flexibility index (Phi) is 6.09. The van der Waals surface area contributed by atoms with Crippen LogP contribution in [-0.4, -0.2) is 46.4 Å². The van der Waals surface area contributed by atoms with Crippen molar-refractivity contribution in [1.29, 1.82) is 0 Å². The fourth-order valence-corrected chi connectivity index (χ4v) is 2.48. The first-order chi connectivity index (χ1) is 11.0. The van der Waals surface area contributed by atoms with Gasteiger partial charge in [0.2, 0.25) is 11.8 Å². The fraction of sp³-hybridized carbons (Fsp3) is 0.733. The molecule has 1 aromatic rings. The standard InChI is InChI=1S/C15H23N3O5/c1-9(2)14-17-12(23-18-14)6-5-11(19)16-13(15(20)21)10-4-3-7-22-8-10/h9-10,13H,3-8H2,1-2H3,(H,16,19)(H,20,21). The maximum atomic E-state index is 12.0. The van der Waals surface area contributed by atoms with Gasteiger partial charge in [0.1, 0.15) is 6.04 Å². The molecule has 0 aromatic carbocycles. The summed E-state index contributed by atoms with van der Waals surface area (Å²) >= 11 is 0. The van der Waals surface area contributed by atoms with E-state index in [-0.39, 0.29) is 24.2 Å². The Bertz CT molecular complexity index is 537. The predicted molar refractivity (Wildman–Crippen MR) is 79.8 cm³/mol. The topological polar surface area (TPSA) is 115 Å². The van der Waals surface area contributed by atoms with Crippen LogP contribution in [0.25, 0.3) is 0 Å². The van der Waals surface area contributed by atoms with Gasteiger partial charge in [-0.25, -0.2) is 4.79 Å². The molecule has 1 saturated heterocycles. The largest absolute Gasteiger partial charge is 0.480 e. The molecule has 2 unspecified atom stereocenters. The smallest absolute Gasteiger partial charge is 0.326 e. The van der Waals surface area contributed by atoms with Crippen LogP contribution in [-0.2, 0) is 20.7 Å². The molecule has 0 radical (unpaired) electrons. The zero-order valence-electron chi connectivity index (χ0n) is 13.4. The minimum Gasteiger partial charge on any atom is -0.480 e. The van der Waals surface area contributed by atoms with Crippen LogP contribution in [0.3, 0.4) is 0 Å². The lowest BCUT2D eigenvalue weighted by Crippen LogP contribution is -2.48. The number of carbonyl (C=O) groups is 2. The van der Waals surface area contributed by atoms with E-state index in [1.165, 1.54) is 0 Å². The van der Waals surface area contributed by atoms with Crippen molar-refractivity contribution in [3.05, 3.63) is 11.7 Å². The second kappa shape index (κ2) is 8.05. The lowest BCUT2D eigenvalue weighted by atomic mass is 9.93. The van der Waals surface area contributed by atoms with Crippen LogP contribution in [0.1, 0.15) is 50.7 Å². The van der Waals surface area contributed by atoms with Gasteiger partial charge in [0.05, 0.1) is 6.61 Å². The summed E-state index contributed by atoms with van der Waals surface area (Å²) in [6.45, 7) is 4.90. The summed E-state index contributed by atoms with van der Waals surface area (Å²) in [4.78, 5) is 27.6. The molecule has 2 atom stereocenters. The number of amides is 1. The monoisotopic (exact) mass is 325 g/mol. The van der Waals surface area contributed by atoms with E-state index in [1.54, 1.807) is 0 Å². The van der Waals surface area contributed by atoms with Crippen molar-refractivity contribution in [3.8, 4) is 0 Å². The normalized spacial score (nSPS) is 19.5. The lowest BCUT2D eigenvalue weighted by Gasteiger charge is -2.28. The fourth-order valence-electron chi connectivity index (χ4n) is 2.48. The number of hydrogen-bond donors (Lipinski definition) is 2. The zero-order chi connectivity index (χ0) is 16.8. The van der Waals surface area contributed by atoms with Gasteiger partial charge >= 0.3 is 5.97 Å². The molecule has 1 fully saturated rings. The second-order valence-electron chi connectivity index (χ2n) is 6.06. The molecular weight excluding hydrogens is 302 g/mol. The highest BCUT2D eigenvalue weighted by atomic mass is 16.5. The Morgan fingerprint density at radius 2 is 2.22 bits per heavy atom. The predicted octanol–water partition coefficient (Wildman–Crippen LogP) is 1.12. The van der Waals surface area contributed by atoms with E-state index in [4.69, 9.17) is 9.26 Å². The highest BCUT2D eigenvalue weighted by molar-refractivity contribution is 5.83. The number of aromatic nitrogens is 2. The molecule has 8 nitrogen and oxygen atoms in total. The van der Waals surface area contributed by atoms with Crippen LogP contribution < -0.4 is 5.32 Å². The molecule has 23 heavy (non-hydrogen) atoms. The molecule has 0 aliphatic carbocycles. The average Bonchev–Trinajstić information content (AvgIpc) is 3.00. The Hall–Kier alpha value is -1.96. The SMILES string of the molecule is CC(C)c1noc(CCC(=O)NC(C(=O)O)C2CCCOC2)n1. The first kappa shape index (κ1) is 17.4. The Balaban J connectivity index is 1.84. The van der Waals surface area contributed by atoms with E-state index in [9.17, 15) is 14.7 Å². The molecule has 128 valence electrons. The molecule has 1 aliphatic rings. The third kappa shape index (κ3) is 5.02. The van der Waals surface area contributed by atoms with Crippen LogP contribution in [0.2, 0.25) is 0 Å². The van der Waals surface area contributed by atoms with Crippen molar-refractivity contribution in [2.45, 2.75) is 51.5 Å². The zero-order valence-corrected chi connectivity index (χ0v) is 13.4. The van der Waals surface area contributed by atoms with Crippen molar-refractivity contribution in [2.75, 3.05) is 13.2 Å². The number of carboxylic acid groups (broad SMARTS) is 1. The number of hydrogen-bond acceptors (Lipinski definition) is 6. The lowest BCUT2D eigenvalue weighted by molar-refractivity contribution is -0.145. The highest BCUT2D eigenvalue weighted by Gasteiger charge is 2.31. The molecule has 8 heteroatoms. The van der Waals surface area contributed by atoms with Gasteiger partial charge in [0, 0.05) is 31.3 Å². The summed E-state index contributed by atoms with van der Waals surface area (Å²) in [7, 11) is 0. The van der Waals surface area contributed by atoms with E-state index < -0.39 is 12.0 Å². The van der Waals surface area contributed by atoms with Crippen LogP contribution >= 0.6 is 0 Å². The van der Waals surface area contributed by atoms with E-state index in [0.717, 1.165) is 12.8 Å². The maximum absolute atomic E-state index is 12.0. The third-order valence-corrected chi connectivity index (χ3v) is 3.82. The second-order valence-corrected chi connectivity index (χ2v) is 6.06. The Morgan fingerprint density at radius 3 is 2.78 bits per heavy atom. The van der Waals surface area contributed by atoms with Crippen LogP contribution in [0.15, 0.2) is 4.52 Å². The van der Waals surface area contributed by atoms with Gasteiger partial charge in [-0.05, 0) is 12.8 Å². The molecule has 0 saturated carbocycles. The summed E-state index contributed by atoms with van der Waals surface area (Å²) in [6, 6.07) is -0.920. The number of rotatable bonds is 7. The van der Waals surface area contributed by atoms with Crippen molar-refractivity contribution >= 4 is 11.9 Å². The number of aliphatic carboxylic acids is 1. The molecule has 1 amide bonds.